The first-order valence-corrected chi connectivity index (χ1v) is 9.12. The smallest absolute Gasteiger partial charge is 0.119 e. The molecule has 0 amide bonds. The molecule has 3 rings (SSSR count). The van der Waals surface area contributed by atoms with E-state index in [1.807, 2.05) is 24.4 Å². The number of benzene rings is 1. The van der Waals surface area contributed by atoms with Crippen LogP contribution in [0.1, 0.15) is 31.2 Å². The van der Waals surface area contributed by atoms with Crippen LogP contribution in [0.25, 0.3) is 0 Å². The number of rotatable bonds is 7. The Labute approximate surface area is 145 Å². The van der Waals surface area contributed by atoms with Gasteiger partial charge in [-0.3, -0.25) is 0 Å². The molecule has 2 N–H and O–H groups in total. The molecule has 2 heterocycles. The van der Waals surface area contributed by atoms with E-state index in [1.165, 1.54) is 37.9 Å². The molecule has 1 fully saturated rings. The molecule has 1 saturated heterocycles. The lowest BCUT2D eigenvalue weighted by molar-refractivity contribution is 0.205. The Bertz CT molecular complexity index is 547. The number of nitrogens with zero attached hydrogens (tertiary/aromatic N) is 2. The molecule has 4 heteroatoms. The van der Waals surface area contributed by atoms with Crippen molar-refractivity contribution < 1.29 is 4.74 Å². The van der Waals surface area contributed by atoms with Gasteiger partial charge in [-0.1, -0.05) is 24.6 Å². The molecule has 0 saturated carbocycles. The van der Waals surface area contributed by atoms with Gasteiger partial charge in [-0.25, -0.2) is 0 Å². The van der Waals surface area contributed by atoms with Gasteiger partial charge in [0.2, 0.25) is 0 Å². The fraction of sp³-hybridized carbons (Fsp3) is 0.500. The molecule has 0 bridgehead atoms. The molecule has 0 radical (unpaired) electrons. The summed E-state index contributed by atoms with van der Waals surface area (Å²) in [6.07, 6.45) is 13.2. The number of likely N-dealkylation sites (tertiary alicyclic amines) is 1. The first-order valence-electron chi connectivity index (χ1n) is 9.12. The van der Waals surface area contributed by atoms with Gasteiger partial charge in [-0.15, -0.1) is 0 Å². The number of piperidine rings is 1. The van der Waals surface area contributed by atoms with Crippen molar-refractivity contribution in [2.75, 3.05) is 26.2 Å². The molecule has 1 unspecified atom stereocenters. The van der Waals surface area contributed by atoms with Crippen LogP contribution in [0.3, 0.4) is 0 Å². The van der Waals surface area contributed by atoms with Gasteiger partial charge in [-0.2, -0.15) is 0 Å². The van der Waals surface area contributed by atoms with E-state index in [9.17, 15) is 0 Å². The summed E-state index contributed by atoms with van der Waals surface area (Å²) >= 11 is 0. The second-order valence-corrected chi connectivity index (χ2v) is 6.64. The van der Waals surface area contributed by atoms with Crippen molar-refractivity contribution in [3.8, 4) is 5.75 Å². The lowest BCUT2D eigenvalue weighted by atomic mass is 10.1. The summed E-state index contributed by atoms with van der Waals surface area (Å²) < 4.78 is 5.87. The minimum atomic E-state index is -0.0410. The van der Waals surface area contributed by atoms with Gasteiger partial charge in [0.1, 0.15) is 5.75 Å². The number of hydrogen-bond donors (Lipinski definition) is 1. The summed E-state index contributed by atoms with van der Waals surface area (Å²) in [7, 11) is 0. The Morgan fingerprint density at radius 1 is 1.04 bits per heavy atom. The summed E-state index contributed by atoms with van der Waals surface area (Å²) in [4.78, 5) is 4.67. The fourth-order valence-corrected chi connectivity index (χ4v) is 3.27. The third kappa shape index (κ3) is 5.11. The van der Waals surface area contributed by atoms with E-state index in [4.69, 9.17) is 10.5 Å². The minimum Gasteiger partial charge on any atom is -0.494 e. The van der Waals surface area contributed by atoms with Crippen LogP contribution in [0.4, 0.5) is 0 Å². The highest BCUT2D eigenvalue weighted by Gasteiger charge is 2.10. The summed E-state index contributed by atoms with van der Waals surface area (Å²) in [5.74, 6) is 0.954. The van der Waals surface area contributed by atoms with E-state index in [2.05, 4.69) is 34.1 Å². The predicted octanol–water partition coefficient (Wildman–Crippen LogP) is 3.11. The molecule has 4 nitrogen and oxygen atoms in total. The highest BCUT2D eigenvalue weighted by atomic mass is 16.5. The van der Waals surface area contributed by atoms with Gasteiger partial charge in [0.05, 0.1) is 12.8 Å². The van der Waals surface area contributed by atoms with E-state index < -0.39 is 0 Å². The Balaban J connectivity index is 1.38. The van der Waals surface area contributed by atoms with Crippen LogP contribution < -0.4 is 10.5 Å². The molecule has 1 atom stereocenters. The Morgan fingerprint density at radius 2 is 1.83 bits per heavy atom. The van der Waals surface area contributed by atoms with Crippen molar-refractivity contribution in [2.45, 2.75) is 38.4 Å². The molecule has 1 aromatic rings. The van der Waals surface area contributed by atoms with Crippen LogP contribution in [-0.2, 0) is 6.54 Å². The highest BCUT2D eigenvalue weighted by Crippen LogP contribution is 2.16. The molecule has 130 valence electrons. The highest BCUT2D eigenvalue weighted by molar-refractivity contribution is 5.28. The van der Waals surface area contributed by atoms with E-state index in [0.717, 1.165) is 31.9 Å². The molecule has 0 spiro atoms. The lowest BCUT2D eigenvalue weighted by Crippen LogP contribution is -2.37. The van der Waals surface area contributed by atoms with Gasteiger partial charge < -0.3 is 20.3 Å². The van der Waals surface area contributed by atoms with E-state index in [-0.39, 0.29) is 6.17 Å². The van der Waals surface area contributed by atoms with Gasteiger partial charge in [0.15, 0.2) is 0 Å². The maximum absolute atomic E-state index is 6.06. The zero-order valence-corrected chi connectivity index (χ0v) is 14.4. The van der Waals surface area contributed by atoms with Gasteiger partial charge >= 0.3 is 0 Å². The van der Waals surface area contributed by atoms with Gasteiger partial charge in [0.25, 0.3) is 0 Å². The van der Waals surface area contributed by atoms with E-state index in [0.29, 0.717) is 0 Å². The van der Waals surface area contributed by atoms with Crippen LogP contribution in [-0.4, -0.2) is 42.2 Å². The van der Waals surface area contributed by atoms with Gasteiger partial charge in [0, 0.05) is 19.3 Å². The normalized spacial score (nSPS) is 21.2. The van der Waals surface area contributed by atoms with E-state index >= 15 is 0 Å². The van der Waals surface area contributed by atoms with Crippen molar-refractivity contribution in [1.29, 1.82) is 0 Å². The number of allylic oxidation sites excluding steroid dienone is 2. The summed E-state index contributed by atoms with van der Waals surface area (Å²) in [6, 6.07) is 8.37. The van der Waals surface area contributed by atoms with E-state index in [1.54, 1.807) is 0 Å². The average molecular weight is 327 g/mol. The standard InChI is InChI=1S/C20H29N3O/c21-20-7-2-5-15-23(20)17-18-8-10-19(11-9-18)24-16-6-14-22-12-3-1-4-13-22/h2,5,7-11,15,20H,1,3-4,6,12-14,16-17,21H2. The maximum atomic E-state index is 6.06. The molecule has 0 aliphatic carbocycles. The first kappa shape index (κ1) is 17.1. The molecule has 24 heavy (non-hydrogen) atoms. The average Bonchev–Trinajstić information content (AvgIpc) is 2.63. The van der Waals surface area contributed by atoms with Crippen molar-refractivity contribution in [1.82, 2.24) is 9.80 Å². The van der Waals surface area contributed by atoms with Crippen molar-refractivity contribution in [3.63, 3.8) is 0 Å². The van der Waals surface area contributed by atoms with Crippen LogP contribution >= 0.6 is 0 Å². The van der Waals surface area contributed by atoms with Crippen molar-refractivity contribution in [2.24, 2.45) is 5.73 Å². The molecular weight excluding hydrogens is 298 g/mol. The van der Waals surface area contributed by atoms with Crippen LogP contribution in [0.15, 0.2) is 48.7 Å². The van der Waals surface area contributed by atoms with Crippen LogP contribution in [0.5, 0.6) is 5.75 Å². The lowest BCUT2D eigenvalue weighted by Gasteiger charge is -2.27. The maximum Gasteiger partial charge on any atom is 0.119 e. The molecule has 2 aliphatic heterocycles. The third-order valence-corrected chi connectivity index (χ3v) is 4.70. The Kier molecular flexibility index (Phi) is 6.33. The van der Waals surface area contributed by atoms with Crippen molar-refractivity contribution in [3.05, 3.63) is 54.3 Å². The monoisotopic (exact) mass is 327 g/mol. The number of hydrogen-bond acceptors (Lipinski definition) is 4. The molecular formula is C20H29N3O. The second kappa shape index (κ2) is 8.90. The topological polar surface area (TPSA) is 41.7 Å². The molecule has 0 aromatic heterocycles. The quantitative estimate of drug-likeness (QED) is 0.781. The zero-order valence-electron chi connectivity index (χ0n) is 14.4. The minimum absolute atomic E-state index is 0.0410. The Hall–Kier alpha value is -1.78. The SMILES string of the molecule is NC1C=CC=CN1Cc1ccc(OCCCN2CCCCC2)cc1. The number of ether oxygens (including phenoxy) is 1. The largest absolute Gasteiger partial charge is 0.494 e. The summed E-state index contributed by atoms with van der Waals surface area (Å²) in [5, 5.41) is 0. The van der Waals surface area contributed by atoms with Gasteiger partial charge in [-0.05, 0) is 62.2 Å². The third-order valence-electron chi connectivity index (χ3n) is 4.70. The van der Waals surface area contributed by atoms with Crippen LogP contribution in [0.2, 0.25) is 0 Å². The predicted molar refractivity (Wildman–Crippen MR) is 98.6 cm³/mol. The number of nitrogens with two attached hydrogens (primary N) is 1. The Morgan fingerprint density at radius 3 is 2.58 bits per heavy atom. The molecule has 1 aromatic carbocycles. The summed E-state index contributed by atoms with van der Waals surface area (Å²) in [5.41, 5.74) is 7.30. The zero-order chi connectivity index (χ0) is 16.6. The van der Waals surface area contributed by atoms with Crippen molar-refractivity contribution >= 4 is 0 Å². The van der Waals surface area contributed by atoms with Crippen LogP contribution in [0, 0.1) is 0 Å². The fourth-order valence-electron chi connectivity index (χ4n) is 3.27. The first-order chi connectivity index (χ1) is 11.8. The second-order valence-electron chi connectivity index (χ2n) is 6.64. The molecule has 2 aliphatic rings. The summed E-state index contributed by atoms with van der Waals surface area (Å²) in [6.45, 7) is 5.29.